The molecular weight excluding hydrogens is 436 g/mol. The minimum absolute atomic E-state index is 0.167. The van der Waals surface area contributed by atoms with Crippen LogP contribution in [-0.2, 0) is 27.9 Å². The summed E-state index contributed by atoms with van der Waals surface area (Å²) >= 11 is 0. The van der Waals surface area contributed by atoms with Crippen molar-refractivity contribution in [2.45, 2.75) is 36.9 Å². The lowest BCUT2D eigenvalue weighted by molar-refractivity contribution is -0.135. The predicted octanol–water partition coefficient (Wildman–Crippen LogP) is 4.08. The summed E-state index contributed by atoms with van der Waals surface area (Å²) in [7, 11) is -2.27. The Morgan fingerprint density at radius 1 is 0.909 bits per heavy atom. The summed E-state index contributed by atoms with van der Waals surface area (Å²) in [5.41, 5.74) is 2.01. The largest absolute Gasteiger partial charge is 0.497 e. The first-order valence-electron chi connectivity index (χ1n) is 11.0. The Bertz CT molecular complexity index is 1120. The van der Waals surface area contributed by atoms with E-state index < -0.39 is 16.1 Å². The summed E-state index contributed by atoms with van der Waals surface area (Å²) in [5.74, 6) is 0.414. The van der Waals surface area contributed by atoms with Gasteiger partial charge in [0.25, 0.3) is 0 Å². The second-order valence-corrected chi connectivity index (χ2v) is 10.0. The van der Waals surface area contributed by atoms with E-state index in [0.717, 1.165) is 11.1 Å². The molecule has 1 atom stereocenters. The number of hydrogen-bond donors (Lipinski definition) is 0. The van der Waals surface area contributed by atoms with Crippen LogP contribution in [0.4, 0.5) is 0 Å². The van der Waals surface area contributed by atoms with E-state index in [4.69, 9.17) is 4.74 Å². The molecule has 1 aliphatic heterocycles. The van der Waals surface area contributed by atoms with E-state index in [1.54, 1.807) is 17.0 Å². The predicted molar refractivity (Wildman–Crippen MR) is 127 cm³/mol. The van der Waals surface area contributed by atoms with Crippen LogP contribution in [0.15, 0.2) is 89.8 Å². The highest BCUT2D eigenvalue weighted by Crippen LogP contribution is 2.29. The Labute approximate surface area is 195 Å². The number of carbonyl (C=O) groups excluding carboxylic acids is 1. The van der Waals surface area contributed by atoms with Gasteiger partial charge in [-0.25, -0.2) is 8.42 Å². The number of amides is 1. The molecule has 33 heavy (non-hydrogen) atoms. The molecule has 1 amide bonds. The fraction of sp³-hybridized carbons (Fsp3) is 0.269. The molecule has 1 aliphatic rings. The van der Waals surface area contributed by atoms with Crippen LogP contribution in [0.1, 0.15) is 24.0 Å². The first-order valence-corrected chi connectivity index (χ1v) is 12.5. The van der Waals surface area contributed by atoms with Gasteiger partial charge in [0.2, 0.25) is 15.9 Å². The molecule has 0 bridgehead atoms. The molecule has 3 aromatic carbocycles. The maximum Gasteiger partial charge on any atom is 0.243 e. The average molecular weight is 465 g/mol. The Morgan fingerprint density at radius 3 is 1.97 bits per heavy atom. The van der Waals surface area contributed by atoms with Crippen LogP contribution in [0.25, 0.3) is 0 Å². The number of rotatable bonds is 8. The quantitative estimate of drug-likeness (QED) is 0.504. The summed E-state index contributed by atoms with van der Waals surface area (Å²) in [6, 6.07) is 25.1. The summed E-state index contributed by atoms with van der Waals surface area (Å²) in [6.07, 6.45) is 1.16. The number of sulfonamides is 1. The van der Waals surface area contributed by atoms with Crippen molar-refractivity contribution in [1.29, 1.82) is 0 Å². The molecule has 0 spiro atoms. The summed E-state index contributed by atoms with van der Waals surface area (Å²) in [4.78, 5) is 15.7. The molecule has 6 nitrogen and oxygen atoms in total. The molecule has 1 heterocycles. The van der Waals surface area contributed by atoms with Crippen LogP contribution >= 0.6 is 0 Å². The van der Waals surface area contributed by atoms with Crippen molar-refractivity contribution in [3.63, 3.8) is 0 Å². The number of hydrogen-bond acceptors (Lipinski definition) is 4. The lowest BCUT2D eigenvalue weighted by Crippen LogP contribution is -2.47. The van der Waals surface area contributed by atoms with E-state index in [0.29, 0.717) is 38.2 Å². The molecule has 3 aromatic rings. The molecule has 172 valence electrons. The highest BCUT2D eigenvalue weighted by molar-refractivity contribution is 7.89. The van der Waals surface area contributed by atoms with Gasteiger partial charge in [-0.05, 0) is 48.2 Å². The van der Waals surface area contributed by atoms with Crippen LogP contribution < -0.4 is 4.74 Å². The van der Waals surface area contributed by atoms with E-state index >= 15 is 0 Å². The third-order valence-electron chi connectivity index (χ3n) is 5.90. The number of carbonyl (C=O) groups is 1. The third-order valence-corrected chi connectivity index (χ3v) is 7.82. The number of methoxy groups -OCH3 is 1. The SMILES string of the molecule is COc1ccc(S(=O)(=O)N2CCCC2C(=O)N(Cc2ccccc2)Cc2ccccc2)cc1. The maximum absolute atomic E-state index is 13.7. The van der Waals surface area contributed by atoms with Gasteiger partial charge < -0.3 is 9.64 Å². The van der Waals surface area contributed by atoms with Crippen molar-refractivity contribution >= 4 is 15.9 Å². The zero-order chi connectivity index (χ0) is 23.3. The summed E-state index contributed by atoms with van der Waals surface area (Å²) in [5, 5.41) is 0. The molecular formula is C26H28N2O4S. The maximum atomic E-state index is 13.7. The van der Waals surface area contributed by atoms with Gasteiger partial charge in [-0.15, -0.1) is 0 Å². The summed E-state index contributed by atoms with van der Waals surface area (Å²) in [6.45, 7) is 1.16. The molecule has 1 unspecified atom stereocenters. The van der Waals surface area contributed by atoms with Crippen molar-refractivity contribution in [2.75, 3.05) is 13.7 Å². The molecule has 1 fully saturated rings. The molecule has 0 radical (unpaired) electrons. The Balaban J connectivity index is 1.61. The first kappa shape index (κ1) is 23.0. The van der Waals surface area contributed by atoms with E-state index in [1.165, 1.54) is 23.5 Å². The Hall–Kier alpha value is -3.16. The molecule has 0 N–H and O–H groups in total. The molecule has 1 saturated heterocycles. The fourth-order valence-electron chi connectivity index (χ4n) is 4.19. The van der Waals surface area contributed by atoms with Gasteiger partial charge in [-0.1, -0.05) is 60.7 Å². The van der Waals surface area contributed by atoms with Gasteiger partial charge in [-0.2, -0.15) is 4.31 Å². The van der Waals surface area contributed by atoms with E-state index in [1.807, 2.05) is 60.7 Å². The number of ether oxygens (including phenoxy) is 1. The lowest BCUT2D eigenvalue weighted by atomic mass is 10.1. The van der Waals surface area contributed by atoms with E-state index in [-0.39, 0.29) is 10.8 Å². The lowest BCUT2D eigenvalue weighted by Gasteiger charge is -2.30. The second-order valence-electron chi connectivity index (χ2n) is 8.11. The normalized spacial score (nSPS) is 16.5. The minimum atomic E-state index is -3.81. The highest BCUT2D eigenvalue weighted by Gasteiger charge is 2.41. The van der Waals surface area contributed by atoms with E-state index in [2.05, 4.69) is 0 Å². The molecule has 0 aromatic heterocycles. The average Bonchev–Trinajstić information content (AvgIpc) is 3.35. The third kappa shape index (κ3) is 5.26. The number of nitrogens with zero attached hydrogens (tertiary/aromatic N) is 2. The topological polar surface area (TPSA) is 66.9 Å². The standard InChI is InChI=1S/C26H28N2O4S/c1-32-23-14-16-24(17-15-23)33(30,31)28-18-8-13-25(28)26(29)27(19-21-9-4-2-5-10-21)20-22-11-6-3-7-12-22/h2-7,9-12,14-17,25H,8,13,18-20H2,1H3. The van der Waals surface area contributed by atoms with Gasteiger partial charge in [0, 0.05) is 19.6 Å². The van der Waals surface area contributed by atoms with Crippen molar-refractivity contribution < 1.29 is 17.9 Å². The Kier molecular flexibility index (Phi) is 7.11. The van der Waals surface area contributed by atoms with Crippen LogP contribution in [0.5, 0.6) is 5.75 Å². The zero-order valence-corrected chi connectivity index (χ0v) is 19.4. The van der Waals surface area contributed by atoms with Gasteiger partial charge in [0.15, 0.2) is 0 Å². The van der Waals surface area contributed by atoms with Crippen LogP contribution in [-0.4, -0.2) is 43.2 Å². The van der Waals surface area contributed by atoms with Gasteiger partial charge in [0.05, 0.1) is 12.0 Å². The van der Waals surface area contributed by atoms with Crippen molar-refractivity contribution in [3.8, 4) is 5.75 Å². The molecule has 7 heteroatoms. The fourth-order valence-corrected chi connectivity index (χ4v) is 5.84. The molecule has 0 aliphatic carbocycles. The van der Waals surface area contributed by atoms with Crippen molar-refractivity contribution in [3.05, 3.63) is 96.1 Å². The van der Waals surface area contributed by atoms with Crippen molar-refractivity contribution in [1.82, 2.24) is 9.21 Å². The van der Waals surface area contributed by atoms with Crippen LogP contribution in [0.2, 0.25) is 0 Å². The van der Waals surface area contributed by atoms with Crippen molar-refractivity contribution in [2.24, 2.45) is 0 Å². The van der Waals surface area contributed by atoms with E-state index in [9.17, 15) is 13.2 Å². The van der Waals surface area contributed by atoms with Gasteiger partial charge >= 0.3 is 0 Å². The zero-order valence-electron chi connectivity index (χ0n) is 18.6. The smallest absolute Gasteiger partial charge is 0.243 e. The van der Waals surface area contributed by atoms with Gasteiger partial charge in [0.1, 0.15) is 11.8 Å². The second kappa shape index (κ2) is 10.2. The molecule has 4 rings (SSSR count). The first-order chi connectivity index (χ1) is 16.0. The van der Waals surface area contributed by atoms with Gasteiger partial charge in [-0.3, -0.25) is 4.79 Å². The molecule has 0 saturated carbocycles. The number of benzene rings is 3. The van der Waals surface area contributed by atoms with Crippen LogP contribution in [0.3, 0.4) is 0 Å². The monoisotopic (exact) mass is 464 g/mol. The van der Waals surface area contributed by atoms with Crippen LogP contribution in [0, 0.1) is 0 Å². The Morgan fingerprint density at radius 2 is 1.45 bits per heavy atom. The minimum Gasteiger partial charge on any atom is -0.497 e. The summed E-state index contributed by atoms with van der Waals surface area (Å²) < 4.78 is 33.3. The highest BCUT2D eigenvalue weighted by atomic mass is 32.2.